The molecule has 0 saturated carbocycles. The summed E-state index contributed by atoms with van der Waals surface area (Å²) in [5.74, 6) is -0.0952. The molecule has 31 heavy (non-hydrogen) atoms. The lowest BCUT2D eigenvalue weighted by Crippen LogP contribution is -2.34. The fourth-order valence-corrected chi connectivity index (χ4v) is 3.36. The Morgan fingerprint density at radius 1 is 1.23 bits per heavy atom. The van der Waals surface area contributed by atoms with Gasteiger partial charge in [0.1, 0.15) is 23.7 Å². The van der Waals surface area contributed by atoms with Crippen LogP contribution in [-0.2, 0) is 9.53 Å². The van der Waals surface area contributed by atoms with Crippen LogP contribution < -0.4 is 10.3 Å². The molecule has 0 N–H and O–H groups in total. The van der Waals surface area contributed by atoms with Gasteiger partial charge in [-0.15, -0.1) is 5.10 Å². The molecule has 0 amide bonds. The molecule has 3 aromatic rings. The van der Waals surface area contributed by atoms with Crippen LogP contribution in [0.2, 0.25) is 5.02 Å². The summed E-state index contributed by atoms with van der Waals surface area (Å²) < 4.78 is 13.9. The molecular formula is C21H24ClN5O4. The maximum absolute atomic E-state index is 13.1. The predicted octanol–water partition coefficient (Wildman–Crippen LogP) is 3.45. The molecule has 0 saturated heterocycles. The lowest BCUT2D eigenvalue weighted by Gasteiger charge is -2.25. The molecule has 1 atom stereocenters. The van der Waals surface area contributed by atoms with Gasteiger partial charge < -0.3 is 9.47 Å². The van der Waals surface area contributed by atoms with E-state index in [2.05, 4.69) is 15.5 Å². The molecule has 1 aromatic carbocycles. The Morgan fingerprint density at radius 2 is 1.97 bits per heavy atom. The molecule has 164 valence electrons. The van der Waals surface area contributed by atoms with E-state index in [4.69, 9.17) is 21.1 Å². The number of pyridine rings is 1. The van der Waals surface area contributed by atoms with Crippen molar-refractivity contribution in [3.8, 4) is 22.6 Å². The van der Waals surface area contributed by atoms with Crippen LogP contribution in [0.1, 0.15) is 40.2 Å². The van der Waals surface area contributed by atoms with E-state index in [1.54, 1.807) is 39.0 Å². The number of aromatic nitrogens is 5. The Balaban J connectivity index is 2.14. The Kier molecular flexibility index (Phi) is 6.45. The van der Waals surface area contributed by atoms with E-state index in [9.17, 15) is 9.59 Å². The molecule has 0 spiro atoms. The average Bonchev–Trinajstić information content (AvgIpc) is 3.22. The Hall–Kier alpha value is -3.20. The molecule has 9 nitrogen and oxygen atoms in total. The van der Waals surface area contributed by atoms with Crippen molar-refractivity contribution in [1.82, 2.24) is 24.8 Å². The molecule has 0 aliphatic heterocycles. The number of halogens is 1. The lowest BCUT2D eigenvalue weighted by atomic mass is 10.0. The predicted molar refractivity (Wildman–Crippen MR) is 116 cm³/mol. The van der Waals surface area contributed by atoms with Crippen molar-refractivity contribution in [1.29, 1.82) is 0 Å². The van der Waals surface area contributed by atoms with Crippen LogP contribution in [-0.4, -0.2) is 43.5 Å². The maximum Gasteiger partial charge on any atom is 0.329 e. The first-order chi connectivity index (χ1) is 14.6. The largest absolute Gasteiger partial charge is 0.495 e. The second kappa shape index (κ2) is 8.89. The summed E-state index contributed by atoms with van der Waals surface area (Å²) in [4.78, 5) is 25.7. The minimum Gasteiger partial charge on any atom is -0.495 e. The van der Waals surface area contributed by atoms with Gasteiger partial charge in [0.2, 0.25) is 0 Å². The van der Waals surface area contributed by atoms with Crippen molar-refractivity contribution < 1.29 is 14.3 Å². The first-order valence-corrected chi connectivity index (χ1v) is 10.1. The number of hydrogen-bond donors (Lipinski definition) is 0. The highest BCUT2D eigenvalue weighted by Crippen LogP contribution is 2.35. The fourth-order valence-electron chi connectivity index (χ4n) is 3.19. The summed E-state index contributed by atoms with van der Waals surface area (Å²) in [7, 11) is 1.49. The molecule has 0 bridgehead atoms. The van der Waals surface area contributed by atoms with Gasteiger partial charge in [0.05, 0.1) is 19.0 Å². The number of carbonyl (C=O) groups excluding carboxylic acids is 1. The van der Waals surface area contributed by atoms with Crippen LogP contribution in [0, 0.1) is 0 Å². The van der Waals surface area contributed by atoms with Crippen LogP contribution in [0.15, 0.2) is 41.6 Å². The zero-order chi connectivity index (χ0) is 22.8. The van der Waals surface area contributed by atoms with E-state index in [1.165, 1.54) is 34.9 Å². The Bertz CT molecular complexity index is 1140. The second-order valence-electron chi connectivity index (χ2n) is 7.87. The number of hydrogen-bond acceptors (Lipinski definition) is 7. The highest BCUT2D eigenvalue weighted by atomic mass is 35.5. The van der Waals surface area contributed by atoms with Gasteiger partial charge in [0.15, 0.2) is 0 Å². The van der Waals surface area contributed by atoms with Gasteiger partial charge in [-0.05, 0) is 55.8 Å². The smallest absolute Gasteiger partial charge is 0.329 e. The molecule has 2 aromatic heterocycles. The minimum atomic E-state index is -0.784. The molecule has 0 aliphatic rings. The molecular weight excluding hydrogens is 422 g/mol. The van der Waals surface area contributed by atoms with E-state index in [-0.39, 0.29) is 5.56 Å². The summed E-state index contributed by atoms with van der Waals surface area (Å²) in [6, 6.07) is 5.77. The number of tetrazole rings is 1. The van der Waals surface area contributed by atoms with Crippen LogP contribution in [0.25, 0.3) is 16.8 Å². The zero-order valence-electron chi connectivity index (χ0n) is 18.0. The van der Waals surface area contributed by atoms with Gasteiger partial charge in [0.25, 0.3) is 5.56 Å². The minimum absolute atomic E-state index is 0.379. The van der Waals surface area contributed by atoms with Crippen LogP contribution in [0.4, 0.5) is 0 Å². The summed E-state index contributed by atoms with van der Waals surface area (Å²) >= 11 is 6.22. The maximum atomic E-state index is 13.1. The normalized spacial score (nSPS) is 12.5. The van der Waals surface area contributed by atoms with Crippen LogP contribution in [0.5, 0.6) is 5.75 Å². The highest BCUT2D eigenvalue weighted by Gasteiger charge is 2.27. The van der Waals surface area contributed by atoms with Crippen molar-refractivity contribution in [3.63, 3.8) is 0 Å². The highest BCUT2D eigenvalue weighted by molar-refractivity contribution is 6.31. The summed E-state index contributed by atoms with van der Waals surface area (Å²) in [5, 5.41) is 11.7. The number of ether oxygens (including phenoxy) is 2. The van der Waals surface area contributed by atoms with Gasteiger partial charge in [-0.1, -0.05) is 18.5 Å². The fraction of sp³-hybridized carbons (Fsp3) is 0.381. The molecule has 0 aliphatic carbocycles. The van der Waals surface area contributed by atoms with Crippen molar-refractivity contribution in [2.45, 2.75) is 45.8 Å². The molecule has 0 radical (unpaired) electrons. The number of esters is 1. The number of rotatable bonds is 6. The number of benzene rings is 1. The monoisotopic (exact) mass is 445 g/mol. The van der Waals surface area contributed by atoms with Gasteiger partial charge in [-0.25, -0.2) is 4.79 Å². The summed E-state index contributed by atoms with van der Waals surface area (Å²) in [6.45, 7) is 7.16. The van der Waals surface area contributed by atoms with E-state index in [0.29, 0.717) is 34.0 Å². The number of methoxy groups -OCH3 is 1. The van der Waals surface area contributed by atoms with E-state index < -0.39 is 17.6 Å². The standard InChI is InChI=1S/C21H24ClN5O4/c1-6-16(20(29)31-21(2,3)4)26-11-18(30-5)15(10-19(26)28)14-9-13(22)7-8-17(14)27-12-23-24-25-27/h7-12,16H,6H2,1-5H3. The molecule has 1 unspecified atom stereocenters. The molecule has 0 fully saturated rings. The van der Waals surface area contributed by atoms with Crippen LogP contribution in [0.3, 0.4) is 0 Å². The first kappa shape index (κ1) is 22.5. The van der Waals surface area contributed by atoms with Gasteiger partial charge >= 0.3 is 5.97 Å². The van der Waals surface area contributed by atoms with Gasteiger partial charge in [0, 0.05) is 22.2 Å². The SMILES string of the molecule is CCC(C(=O)OC(C)(C)C)n1cc(OC)c(-c2cc(Cl)ccc2-n2cnnn2)cc1=O. The average molecular weight is 446 g/mol. The third-order valence-electron chi connectivity index (χ3n) is 4.51. The first-order valence-electron chi connectivity index (χ1n) is 9.71. The third-order valence-corrected chi connectivity index (χ3v) is 4.75. The third kappa shape index (κ3) is 4.93. The van der Waals surface area contributed by atoms with Crippen molar-refractivity contribution in [2.24, 2.45) is 0 Å². The molecule has 3 rings (SSSR count). The number of carbonyl (C=O) groups is 1. The topological polar surface area (TPSA) is 101 Å². The van der Waals surface area contributed by atoms with Crippen molar-refractivity contribution >= 4 is 17.6 Å². The van der Waals surface area contributed by atoms with E-state index in [0.717, 1.165) is 0 Å². The molecule has 2 heterocycles. The second-order valence-corrected chi connectivity index (χ2v) is 8.31. The summed E-state index contributed by atoms with van der Waals surface area (Å²) in [6.07, 6.45) is 3.33. The molecule has 10 heteroatoms. The Morgan fingerprint density at radius 3 is 2.55 bits per heavy atom. The van der Waals surface area contributed by atoms with Gasteiger partial charge in [-0.3, -0.25) is 9.36 Å². The van der Waals surface area contributed by atoms with Crippen LogP contribution >= 0.6 is 11.6 Å². The Labute approximate surface area is 184 Å². The number of nitrogens with zero attached hydrogens (tertiary/aromatic N) is 5. The van der Waals surface area contributed by atoms with Gasteiger partial charge in [-0.2, -0.15) is 4.68 Å². The summed E-state index contributed by atoms with van der Waals surface area (Å²) in [5.41, 5.74) is 0.668. The van der Waals surface area contributed by atoms with Crippen molar-refractivity contribution in [2.75, 3.05) is 7.11 Å². The lowest BCUT2D eigenvalue weighted by molar-refractivity contribution is -0.159. The van der Waals surface area contributed by atoms with E-state index >= 15 is 0 Å². The van der Waals surface area contributed by atoms with Crippen molar-refractivity contribution in [3.05, 3.63) is 52.2 Å². The van der Waals surface area contributed by atoms with E-state index in [1.807, 2.05) is 6.92 Å². The zero-order valence-corrected chi connectivity index (χ0v) is 18.8. The quantitative estimate of drug-likeness (QED) is 0.535.